The van der Waals surface area contributed by atoms with Crippen molar-refractivity contribution in [2.45, 2.75) is 39.2 Å². The number of carbonyl (C=O) groups is 1. The average molecular weight is 290 g/mol. The van der Waals surface area contributed by atoms with Gasteiger partial charge in [0, 0.05) is 31.5 Å². The second kappa shape index (κ2) is 7.98. The van der Waals surface area contributed by atoms with Crippen LogP contribution in [-0.4, -0.2) is 48.0 Å². The molecule has 0 aliphatic carbocycles. The van der Waals surface area contributed by atoms with Crippen molar-refractivity contribution in [3.63, 3.8) is 0 Å². The molecule has 5 heteroatoms. The van der Waals surface area contributed by atoms with Gasteiger partial charge in [-0.3, -0.25) is 14.7 Å². The predicted molar refractivity (Wildman–Crippen MR) is 85.6 cm³/mol. The van der Waals surface area contributed by atoms with Gasteiger partial charge in [-0.05, 0) is 45.3 Å². The Kier molecular flexibility index (Phi) is 5.99. The van der Waals surface area contributed by atoms with E-state index in [0.29, 0.717) is 18.2 Å². The molecule has 21 heavy (non-hydrogen) atoms. The number of carbonyl (C=O) groups excluding carboxylic acids is 1. The molecule has 1 amide bonds. The van der Waals surface area contributed by atoms with Crippen LogP contribution in [0.15, 0.2) is 18.5 Å². The van der Waals surface area contributed by atoms with Crippen LogP contribution < -0.4 is 10.6 Å². The molecule has 1 aliphatic rings. The summed E-state index contributed by atoms with van der Waals surface area (Å²) in [6, 6.07) is 2.24. The SMILES string of the molecule is CCCNc1ccncc1C(=O)NCC(C)N1CCCC1. The van der Waals surface area contributed by atoms with Crippen LogP contribution in [0.4, 0.5) is 5.69 Å². The monoisotopic (exact) mass is 290 g/mol. The highest BCUT2D eigenvalue weighted by Gasteiger charge is 2.19. The summed E-state index contributed by atoms with van der Waals surface area (Å²) in [7, 11) is 0. The molecule has 0 aromatic carbocycles. The first-order valence-electron chi connectivity index (χ1n) is 7.92. The fraction of sp³-hybridized carbons (Fsp3) is 0.625. The van der Waals surface area contributed by atoms with E-state index in [0.717, 1.165) is 31.7 Å². The van der Waals surface area contributed by atoms with Crippen molar-refractivity contribution in [2.75, 3.05) is 31.5 Å². The summed E-state index contributed by atoms with van der Waals surface area (Å²) in [6.07, 6.45) is 6.91. The van der Waals surface area contributed by atoms with Crippen molar-refractivity contribution >= 4 is 11.6 Å². The zero-order chi connectivity index (χ0) is 15.1. The molecule has 1 fully saturated rings. The maximum absolute atomic E-state index is 12.3. The predicted octanol–water partition coefficient (Wildman–Crippen LogP) is 2.12. The summed E-state index contributed by atoms with van der Waals surface area (Å²) < 4.78 is 0. The van der Waals surface area contributed by atoms with Crippen LogP contribution in [0.5, 0.6) is 0 Å². The Hall–Kier alpha value is -1.62. The number of aromatic nitrogens is 1. The van der Waals surface area contributed by atoms with Gasteiger partial charge in [0.2, 0.25) is 0 Å². The number of nitrogens with one attached hydrogen (secondary N) is 2. The number of nitrogens with zero attached hydrogens (tertiary/aromatic N) is 2. The highest BCUT2D eigenvalue weighted by Crippen LogP contribution is 2.14. The quantitative estimate of drug-likeness (QED) is 0.807. The van der Waals surface area contributed by atoms with Gasteiger partial charge < -0.3 is 10.6 Å². The highest BCUT2D eigenvalue weighted by molar-refractivity contribution is 5.99. The molecule has 2 rings (SSSR count). The molecule has 0 spiro atoms. The minimum absolute atomic E-state index is 0.0484. The molecule has 1 aromatic heterocycles. The first kappa shape index (κ1) is 15.8. The van der Waals surface area contributed by atoms with Gasteiger partial charge in [-0.2, -0.15) is 0 Å². The lowest BCUT2D eigenvalue weighted by Gasteiger charge is -2.24. The van der Waals surface area contributed by atoms with Gasteiger partial charge in [0.05, 0.1) is 11.3 Å². The van der Waals surface area contributed by atoms with Crippen molar-refractivity contribution in [2.24, 2.45) is 0 Å². The fourth-order valence-corrected chi connectivity index (χ4v) is 2.64. The molecule has 1 aliphatic heterocycles. The Morgan fingerprint density at radius 3 is 2.90 bits per heavy atom. The number of hydrogen-bond acceptors (Lipinski definition) is 4. The van der Waals surface area contributed by atoms with Gasteiger partial charge in [-0.25, -0.2) is 0 Å². The molecule has 0 bridgehead atoms. The second-order valence-corrected chi connectivity index (χ2v) is 5.65. The first-order chi connectivity index (χ1) is 10.2. The van der Waals surface area contributed by atoms with E-state index in [-0.39, 0.29) is 5.91 Å². The van der Waals surface area contributed by atoms with Crippen LogP contribution >= 0.6 is 0 Å². The van der Waals surface area contributed by atoms with Crippen LogP contribution in [0, 0.1) is 0 Å². The summed E-state index contributed by atoms with van der Waals surface area (Å²) in [6.45, 7) is 8.10. The van der Waals surface area contributed by atoms with Gasteiger partial charge in [0.25, 0.3) is 5.91 Å². The maximum Gasteiger partial charge on any atom is 0.255 e. The standard InChI is InChI=1S/C16H26N4O/c1-3-7-18-15-6-8-17-12-14(15)16(21)19-11-13(2)20-9-4-5-10-20/h6,8,12-13H,3-5,7,9-11H2,1-2H3,(H,17,18)(H,19,21). The molecular formula is C16H26N4O. The number of pyridine rings is 1. The minimum atomic E-state index is -0.0484. The topological polar surface area (TPSA) is 57.3 Å². The second-order valence-electron chi connectivity index (χ2n) is 5.65. The normalized spacial score (nSPS) is 16.7. The zero-order valence-corrected chi connectivity index (χ0v) is 13.1. The molecule has 5 nitrogen and oxygen atoms in total. The Bertz CT molecular complexity index is 457. The van der Waals surface area contributed by atoms with E-state index in [4.69, 9.17) is 0 Å². The van der Waals surface area contributed by atoms with Crippen molar-refractivity contribution in [1.29, 1.82) is 0 Å². The first-order valence-corrected chi connectivity index (χ1v) is 7.92. The number of amides is 1. The molecular weight excluding hydrogens is 264 g/mol. The van der Waals surface area contributed by atoms with E-state index < -0.39 is 0 Å². The lowest BCUT2D eigenvalue weighted by molar-refractivity contribution is 0.0941. The van der Waals surface area contributed by atoms with Crippen molar-refractivity contribution in [1.82, 2.24) is 15.2 Å². The number of likely N-dealkylation sites (tertiary alicyclic amines) is 1. The van der Waals surface area contributed by atoms with Crippen molar-refractivity contribution in [3.05, 3.63) is 24.0 Å². The van der Waals surface area contributed by atoms with E-state index in [1.807, 2.05) is 6.07 Å². The lowest BCUT2D eigenvalue weighted by Crippen LogP contribution is -2.40. The van der Waals surface area contributed by atoms with Gasteiger partial charge >= 0.3 is 0 Å². The average Bonchev–Trinajstić information content (AvgIpc) is 3.05. The Morgan fingerprint density at radius 1 is 1.43 bits per heavy atom. The van der Waals surface area contributed by atoms with Gasteiger partial charge in [-0.15, -0.1) is 0 Å². The van der Waals surface area contributed by atoms with Crippen LogP contribution in [-0.2, 0) is 0 Å². The van der Waals surface area contributed by atoms with Crippen LogP contribution in [0.2, 0.25) is 0 Å². The molecule has 2 N–H and O–H groups in total. The number of hydrogen-bond donors (Lipinski definition) is 2. The number of rotatable bonds is 7. The van der Waals surface area contributed by atoms with Crippen LogP contribution in [0.3, 0.4) is 0 Å². The van der Waals surface area contributed by atoms with Crippen LogP contribution in [0.25, 0.3) is 0 Å². The molecule has 0 saturated carbocycles. The maximum atomic E-state index is 12.3. The fourth-order valence-electron chi connectivity index (χ4n) is 2.64. The van der Waals surface area contributed by atoms with E-state index in [9.17, 15) is 4.79 Å². The Balaban J connectivity index is 1.90. The van der Waals surface area contributed by atoms with Gasteiger partial charge in [0.1, 0.15) is 0 Å². The number of anilines is 1. The molecule has 1 unspecified atom stereocenters. The van der Waals surface area contributed by atoms with Crippen molar-refractivity contribution < 1.29 is 4.79 Å². The van der Waals surface area contributed by atoms with E-state index in [1.54, 1.807) is 12.4 Å². The molecule has 0 radical (unpaired) electrons. The Morgan fingerprint density at radius 2 is 2.19 bits per heavy atom. The molecule has 2 heterocycles. The zero-order valence-electron chi connectivity index (χ0n) is 13.1. The summed E-state index contributed by atoms with van der Waals surface area (Å²) in [4.78, 5) is 18.8. The highest BCUT2D eigenvalue weighted by atomic mass is 16.1. The summed E-state index contributed by atoms with van der Waals surface area (Å²) in [5.74, 6) is -0.0484. The smallest absolute Gasteiger partial charge is 0.255 e. The third-order valence-electron chi connectivity index (χ3n) is 3.95. The van der Waals surface area contributed by atoms with Crippen LogP contribution in [0.1, 0.15) is 43.5 Å². The van der Waals surface area contributed by atoms with Gasteiger partial charge in [0.15, 0.2) is 0 Å². The molecule has 1 aromatic rings. The van der Waals surface area contributed by atoms with E-state index in [2.05, 4.69) is 34.4 Å². The summed E-state index contributed by atoms with van der Waals surface area (Å²) >= 11 is 0. The molecule has 1 atom stereocenters. The van der Waals surface area contributed by atoms with Crippen molar-refractivity contribution in [3.8, 4) is 0 Å². The van der Waals surface area contributed by atoms with E-state index >= 15 is 0 Å². The lowest BCUT2D eigenvalue weighted by atomic mass is 10.2. The largest absolute Gasteiger partial charge is 0.384 e. The molecule has 1 saturated heterocycles. The third-order valence-corrected chi connectivity index (χ3v) is 3.95. The van der Waals surface area contributed by atoms with E-state index in [1.165, 1.54) is 12.8 Å². The summed E-state index contributed by atoms with van der Waals surface area (Å²) in [5, 5.41) is 6.31. The van der Waals surface area contributed by atoms with Gasteiger partial charge in [-0.1, -0.05) is 6.92 Å². The summed E-state index contributed by atoms with van der Waals surface area (Å²) in [5.41, 5.74) is 1.48. The minimum Gasteiger partial charge on any atom is -0.384 e. The third kappa shape index (κ3) is 4.43. The Labute approximate surface area is 127 Å². The molecule has 116 valence electrons.